The highest BCUT2D eigenvalue weighted by Gasteiger charge is 2.27. The molecule has 0 spiro atoms. The highest BCUT2D eigenvalue weighted by atomic mass is 14.9. The lowest BCUT2D eigenvalue weighted by Crippen LogP contribution is -2.37. The van der Waals surface area contributed by atoms with Gasteiger partial charge in [-0.25, -0.2) is 0 Å². The van der Waals surface area contributed by atoms with Gasteiger partial charge in [-0.05, 0) is 57.4 Å². The Morgan fingerprint density at radius 2 is 2.06 bits per heavy atom. The molecule has 2 aliphatic rings. The van der Waals surface area contributed by atoms with Gasteiger partial charge in [-0.3, -0.25) is 0 Å². The molecule has 0 bridgehead atoms. The predicted octanol–water partition coefficient (Wildman–Crippen LogP) is 4.29. The highest BCUT2D eigenvalue weighted by molar-refractivity contribution is 5.14. The van der Waals surface area contributed by atoms with E-state index in [0.29, 0.717) is 6.04 Å². The fourth-order valence-corrected chi connectivity index (χ4v) is 3.83. The minimum absolute atomic E-state index is 0.677. The van der Waals surface area contributed by atoms with E-state index in [1.165, 1.54) is 57.8 Å². The van der Waals surface area contributed by atoms with E-state index in [4.69, 9.17) is 0 Å². The van der Waals surface area contributed by atoms with Crippen molar-refractivity contribution in [3.05, 3.63) is 11.6 Å². The summed E-state index contributed by atoms with van der Waals surface area (Å²) >= 11 is 0. The molecule has 3 atom stereocenters. The molecule has 0 aromatic rings. The molecule has 98 valence electrons. The number of allylic oxidation sites excluding steroid dienone is 1. The summed E-state index contributed by atoms with van der Waals surface area (Å²) in [5, 5.41) is 3.62. The van der Waals surface area contributed by atoms with Crippen molar-refractivity contribution in [3.8, 4) is 0 Å². The van der Waals surface area contributed by atoms with Gasteiger partial charge in [0, 0.05) is 6.04 Å². The van der Waals surface area contributed by atoms with Crippen LogP contribution in [0.3, 0.4) is 0 Å². The summed E-state index contributed by atoms with van der Waals surface area (Å²) in [6.45, 7) is 2.43. The molecule has 0 heterocycles. The van der Waals surface area contributed by atoms with Gasteiger partial charge in [0.2, 0.25) is 0 Å². The van der Waals surface area contributed by atoms with Crippen LogP contribution < -0.4 is 5.32 Å². The Balaban J connectivity index is 2.01. The second-order valence-corrected chi connectivity index (χ2v) is 6.18. The first-order valence-corrected chi connectivity index (χ1v) is 7.67. The standard InChI is InChI=1S/C16H29N/c1-13-8-7-11-15(12-13)16(17-2)14-9-5-3-4-6-10-14/h9,13,15-17H,3-8,10-12H2,1-2H3. The maximum absolute atomic E-state index is 3.62. The Labute approximate surface area is 107 Å². The van der Waals surface area contributed by atoms with Crippen molar-refractivity contribution in [1.82, 2.24) is 5.32 Å². The van der Waals surface area contributed by atoms with E-state index in [1.54, 1.807) is 5.57 Å². The van der Waals surface area contributed by atoms with Crippen molar-refractivity contribution in [3.63, 3.8) is 0 Å². The molecule has 0 aliphatic heterocycles. The first-order chi connectivity index (χ1) is 8.31. The first-order valence-electron chi connectivity index (χ1n) is 7.67. The van der Waals surface area contributed by atoms with E-state index >= 15 is 0 Å². The average Bonchev–Trinajstić information content (AvgIpc) is 2.59. The molecule has 2 rings (SSSR count). The average molecular weight is 235 g/mol. The third-order valence-corrected chi connectivity index (χ3v) is 4.73. The maximum Gasteiger partial charge on any atom is 0.0305 e. The van der Waals surface area contributed by atoms with Crippen LogP contribution in [0.1, 0.15) is 64.7 Å². The summed E-state index contributed by atoms with van der Waals surface area (Å²) in [4.78, 5) is 0. The molecule has 1 N–H and O–H groups in total. The topological polar surface area (TPSA) is 12.0 Å². The van der Waals surface area contributed by atoms with E-state index in [1.807, 2.05) is 0 Å². The van der Waals surface area contributed by atoms with Crippen LogP contribution in [0.25, 0.3) is 0 Å². The Hall–Kier alpha value is -0.300. The largest absolute Gasteiger partial charge is 0.313 e. The molecular weight excluding hydrogens is 206 g/mol. The first kappa shape index (κ1) is 13.1. The summed E-state index contributed by atoms with van der Waals surface area (Å²) in [5.74, 6) is 1.84. The molecule has 0 saturated heterocycles. The molecule has 0 aromatic heterocycles. The van der Waals surface area contributed by atoms with Crippen molar-refractivity contribution in [2.75, 3.05) is 7.05 Å². The third-order valence-electron chi connectivity index (χ3n) is 4.73. The molecule has 2 aliphatic carbocycles. The Bertz CT molecular complexity index is 256. The van der Waals surface area contributed by atoms with Crippen LogP contribution in [-0.2, 0) is 0 Å². The molecule has 1 nitrogen and oxygen atoms in total. The fraction of sp³-hybridized carbons (Fsp3) is 0.875. The summed E-state index contributed by atoms with van der Waals surface area (Å²) in [6, 6.07) is 0.677. The van der Waals surface area contributed by atoms with Gasteiger partial charge in [0.1, 0.15) is 0 Å². The summed E-state index contributed by atoms with van der Waals surface area (Å²) < 4.78 is 0. The van der Waals surface area contributed by atoms with Crippen LogP contribution in [0.2, 0.25) is 0 Å². The second kappa shape index (κ2) is 6.58. The second-order valence-electron chi connectivity index (χ2n) is 6.18. The van der Waals surface area contributed by atoms with Crippen LogP contribution in [-0.4, -0.2) is 13.1 Å². The lowest BCUT2D eigenvalue weighted by Gasteiger charge is -2.34. The molecule has 1 heteroatoms. The van der Waals surface area contributed by atoms with Crippen molar-refractivity contribution in [2.24, 2.45) is 11.8 Å². The lowest BCUT2D eigenvalue weighted by molar-refractivity contribution is 0.242. The van der Waals surface area contributed by atoms with Crippen LogP contribution in [0.4, 0.5) is 0 Å². The third kappa shape index (κ3) is 3.58. The SMILES string of the molecule is CNC(C1=CCCCCC1)C1CCCC(C)C1. The van der Waals surface area contributed by atoms with E-state index < -0.39 is 0 Å². The number of nitrogens with one attached hydrogen (secondary N) is 1. The van der Waals surface area contributed by atoms with Gasteiger partial charge in [0.15, 0.2) is 0 Å². The smallest absolute Gasteiger partial charge is 0.0305 e. The monoisotopic (exact) mass is 235 g/mol. The minimum atomic E-state index is 0.677. The van der Waals surface area contributed by atoms with Gasteiger partial charge >= 0.3 is 0 Å². The van der Waals surface area contributed by atoms with Crippen molar-refractivity contribution in [2.45, 2.75) is 70.8 Å². The zero-order valence-electron chi connectivity index (χ0n) is 11.7. The summed E-state index contributed by atoms with van der Waals surface area (Å²) in [6.07, 6.45) is 15.2. The van der Waals surface area contributed by atoms with Crippen LogP contribution in [0.5, 0.6) is 0 Å². The van der Waals surface area contributed by atoms with Crippen molar-refractivity contribution in [1.29, 1.82) is 0 Å². The number of hydrogen-bond acceptors (Lipinski definition) is 1. The Morgan fingerprint density at radius 3 is 2.82 bits per heavy atom. The molecular formula is C16H29N. The quantitative estimate of drug-likeness (QED) is 0.720. The van der Waals surface area contributed by atoms with E-state index in [2.05, 4.69) is 25.4 Å². The molecule has 3 unspecified atom stereocenters. The zero-order chi connectivity index (χ0) is 12.1. The van der Waals surface area contributed by atoms with Gasteiger partial charge in [0.05, 0.1) is 0 Å². The molecule has 17 heavy (non-hydrogen) atoms. The maximum atomic E-state index is 3.62. The summed E-state index contributed by atoms with van der Waals surface area (Å²) in [5.41, 5.74) is 1.73. The number of rotatable bonds is 3. The lowest BCUT2D eigenvalue weighted by atomic mass is 9.76. The van der Waals surface area contributed by atoms with Gasteiger partial charge in [0.25, 0.3) is 0 Å². The number of hydrogen-bond donors (Lipinski definition) is 1. The van der Waals surface area contributed by atoms with Crippen LogP contribution in [0.15, 0.2) is 11.6 Å². The van der Waals surface area contributed by atoms with E-state index in [-0.39, 0.29) is 0 Å². The van der Waals surface area contributed by atoms with Gasteiger partial charge in [-0.2, -0.15) is 0 Å². The van der Waals surface area contributed by atoms with Crippen molar-refractivity contribution >= 4 is 0 Å². The Morgan fingerprint density at radius 1 is 1.18 bits per heavy atom. The highest BCUT2D eigenvalue weighted by Crippen LogP contribution is 2.34. The Kier molecular flexibility index (Phi) is 5.09. The van der Waals surface area contributed by atoms with Gasteiger partial charge in [-0.15, -0.1) is 0 Å². The molecule has 1 saturated carbocycles. The predicted molar refractivity (Wildman–Crippen MR) is 75.1 cm³/mol. The fourth-order valence-electron chi connectivity index (χ4n) is 3.83. The van der Waals surface area contributed by atoms with Gasteiger partial charge in [-0.1, -0.05) is 37.8 Å². The van der Waals surface area contributed by atoms with Crippen LogP contribution >= 0.6 is 0 Å². The number of likely N-dealkylation sites (N-methyl/N-ethyl adjacent to an activating group) is 1. The van der Waals surface area contributed by atoms with E-state index in [9.17, 15) is 0 Å². The van der Waals surface area contributed by atoms with Crippen LogP contribution in [0, 0.1) is 11.8 Å². The summed E-state index contributed by atoms with van der Waals surface area (Å²) in [7, 11) is 2.16. The molecule has 0 amide bonds. The van der Waals surface area contributed by atoms with Crippen molar-refractivity contribution < 1.29 is 0 Å². The molecule has 1 fully saturated rings. The van der Waals surface area contributed by atoms with E-state index in [0.717, 1.165) is 11.8 Å². The minimum Gasteiger partial charge on any atom is -0.313 e. The molecule has 0 aromatic carbocycles. The molecule has 0 radical (unpaired) electrons. The van der Waals surface area contributed by atoms with Gasteiger partial charge < -0.3 is 5.32 Å². The normalized spacial score (nSPS) is 32.7. The zero-order valence-corrected chi connectivity index (χ0v) is 11.7.